The number of thiocarbonyl (C=S) groups is 1. The van der Waals surface area contributed by atoms with Gasteiger partial charge in [0.2, 0.25) is 5.91 Å². The summed E-state index contributed by atoms with van der Waals surface area (Å²) in [6.45, 7) is 6.37. The van der Waals surface area contributed by atoms with Gasteiger partial charge in [0.15, 0.2) is 0 Å². The highest BCUT2D eigenvalue weighted by molar-refractivity contribution is 7.78. The van der Waals surface area contributed by atoms with Crippen LogP contribution < -0.4 is 4.90 Å². The minimum atomic E-state index is -0.568. The topological polar surface area (TPSA) is 56.1 Å². The Morgan fingerprint density at radius 1 is 1.27 bits per heavy atom. The van der Waals surface area contributed by atoms with E-state index in [2.05, 4.69) is 34.2 Å². The Hall–Kier alpha value is -2.37. The first kappa shape index (κ1) is 22.3. The summed E-state index contributed by atoms with van der Waals surface area (Å²) in [7, 11) is 0. The molecule has 0 aliphatic carbocycles. The van der Waals surface area contributed by atoms with Gasteiger partial charge in [0.1, 0.15) is 0 Å². The number of carbonyl (C=O) groups excluding carboxylic acids is 1. The number of aliphatic hydroxyl groups excluding tert-OH is 1. The molecule has 1 aliphatic heterocycles. The van der Waals surface area contributed by atoms with Crippen LogP contribution in [0, 0.1) is 5.92 Å². The molecule has 0 aromatic heterocycles. The van der Waals surface area contributed by atoms with Crippen molar-refractivity contribution < 1.29 is 9.90 Å². The summed E-state index contributed by atoms with van der Waals surface area (Å²) in [4.78, 5) is 20.9. The molecule has 1 aliphatic rings. The molecule has 6 heteroatoms. The van der Waals surface area contributed by atoms with Gasteiger partial charge in [0.05, 0.1) is 17.0 Å². The third-order valence-electron chi connectivity index (χ3n) is 5.77. The normalized spacial score (nSPS) is 20.2. The molecule has 3 rings (SSSR count). The van der Waals surface area contributed by atoms with Crippen molar-refractivity contribution in [2.24, 2.45) is 10.9 Å². The molecule has 2 aromatic carbocycles. The van der Waals surface area contributed by atoms with E-state index in [1.54, 1.807) is 0 Å². The number of isothiocyanates is 1. The van der Waals surface area contributed by atoms with Crippen molar-refractivity contribution in [3.8, 4) is 0 Å². The molecule has 0 spiro atoms. The molecule has 3 atom stereocenters. The van der Waals surface area contributed by atoms with Gasteiger partial charge in [-0.1, -0.05) is 44.2 Å². The van der Waals surface area contributed by atoms with Gasteiger partial charge in [-0.25, -0.2) is 0 Å². The predicted molar refractivity (Wildman–Crippen MR) is 124 cm³/mol. The first-order valence-corrected chi connectivity index (χ1v) is 10.9. The van der Waals surface area contributed by atoms with E-state index in [1.165, 1.54) is 0 Å². The maximum Gasteiger partial charge on any atom is 0.226 e. The van der Waals surface area contributed by atoms with E-state index in [4.69, 9.17) is 0 Å². The summed E-state index contributed by atoms with van der Waals surface area (Å²) >= 11 is 4.62. The summed E-state index contributed by atoms with van der Waals surface area (Å²) in [5.74, 6) is 0.464. The summed E-state index contributed by atoms with van der Waals surface area (Å²) in [5, 5.41) is 13.0. The van der Waals surface area contributed by atoms with Gasteiger partial charge in [-0.3, -0.25) is 9.69 Å². The number of aliphatic hydroxyl groups is 1. The third-order valence-corrected chi connectivity index (χ3v) is 5.86. The Balaban J connectivity index is 1.65. The number of nitrogens with zero attached hydrogens (tertiary/aromatic N) is 3. The summed E-state index contributed by atoms with van der Waals surface area (Å²) in [6, 6.07) is 17.5. The Morgan fingerprint density at radius 2 is 1.97 bits per heavy atom. The lowest BCUT2D eigenvalue weighted by molar-refractivity contribution is -0.119. The number of benzene rings is 2. The smallest absolute Gasteiger partial charge is 0.226 e. The van der Waals surface area contributed by atoms with Crippen LogP contribution in [0.3, 0.4) is 0 Å². The molecular formula is C24H29N3O2S. The Labute approximate surface area is 184 Å². The highest BCUT2D eigenvalue weighted by Gasteiger charge is 2.34. The molecule has 0 radical (unpaired) electrons. The SMILES string of the molecule is CCC(=O)N(c1ccccc1)[C@H]1CCN(C[C@@H](O)c2ccc(N=C=S)cc2)C[C@H]1C. The molecule has 0 bridgehead atoms. The second-order valence-corrected chi connectivity index (χ2v) is 8.04. The average molecular weight is 424 g/mol. The van der Waals surface area contributed by atoms with E-state index in [0.717, 1.165) is 36.4 Å². The zero-order valence-corrected chi connectivity index (χ0v) is 18.4. The molecule has 1 saturated heterocycles. The minimum absolute atomic E-state index is 0.158. The van der Waals surface area contributed by atoms with Crippen LogP contribution in [0.5, 0.6) is 0 Å². The molecule has 2 aromatic rings. The van der Waals surface area contributed by atoms with Crippen molar-refractivity contribution in [3.63, 3.8) is 0 Å². The van der Waals surface area contributed by atoms with Gasteiger partial charge in [-0.05, 0) is 54.4 Å². The second kappa shape index (κ2) is 10.6. The fourth-order valence-electron chi connectivity index (χ4n) is 4.22. The number of aliphatic imine (C=N–C) groups is 1. The minimum Gasteiger partial charge on any atom is -0.387 e. The molecule has 0 saturated carbocycles. The van der Waals surface area contributed by atoms with Crippen LogP contribution in [0.15, 0.2) is 59.6 Å². The van der Waals surface area contributed by atoms with E-state index < -0.39 is 6.10 Å². The molecule has 158 valence electrons. The molecule has 1 fully saturated rings. The quantitative estimate of drug-likeness (QED) is 0.522. The number of carbonyl (C=O) groups is 1. The number of rotatable bonds is 7. The van der Waals surface area contributed by atoms with Gasteiger partial charge in [0, 0.05) is 37.8 Å². The first-order valence-electron chi connectivity index (χ1n) is 10.5. The lowest BCUT2D eigenvalue weighted by Crippen LogP contribution is -2.52. The zero-order valence-electron chi connectivity index (χ0n) is 17.6. The van der Waals surface area contributed by atoms with Gasteiger partial charge < -0.3 is 10.0 Å². The van der Waals surface area contributed by atoms with Crippen LogP contribution in [0.25, 0.3) is 0 Å². The number of piperidine rings is 1. The highest BCUT2D eigenvalue weighted by atomic mass is 32.1. The van der Waals surface area contributed by atoms with E-state index in [-0.39, 0.29) is 11.9 Å². The number of likely N-dealkylation sites (tertiary alicyclic amines) is 1. The summed E-state index contributed by atoms with van der Waals surface area (Å²) < 4.78 is 0. The van der Waals surface area contributed by atoms with E-state index in [9.17, 15) is 9.90 Å². The number of anilines is 1. The summed E-state index contributed by atoms with van der Waals surface area (Å²) in [5.41, 5.74) is 2.56. The molecule has 5 nitrogen and oxygen atoms in total. The number of β-amino-alcohol motifs (C(OH)–C–C–N with tert-alkyl or cyclic N) is 1. The molecule has 1 heterocycles. The van der Waals surface area contributed by atoms with E-state index in [0.29, 0.717) is 18.9 Å². The van der Waals surface area contributed by atoms with Crippen molar-refractivity contribution in [2.45, 2.75) is 38.8 Å². The van der Waals surface area contributed by atoms with Crippen LogP contribution in [0.2, 0.25) is 0 Å². The fourth-order valence-corrected chi connectivity index (χ4v) is 4.33. The van der Waals surface area contributed by atoms with Crippen LogP contribution in [-0.4, -0.2) is 46.8 Å². The van der Waals surface area contributed by atoms with Crippen molar-refractivity contribution in [1.82, 2.24) is 4.90 Å². The zero-order chi connectivity index (χ0) is 21.5. The molecule has 1 N–H and O–H groups in total. The van der Waals surface area contributed by atoms with Gasteiger partial charge >= 0.3 is 0 Å². The lowest BCUT2D eigenvalue weighted by atomic mass is 9.91. The maximum absolute atomic E-state index is 12.7. The Kier molecular flexibility index (Phi) is 7.88. The number of amides is 1. The lowest BCUT2D eigenvalue weighted by Gasteiger charge is -2.43. The molecule has 0 unspecified atom stereocenters. The fraction of sp³-hybridized carbons (Fsp3) is 0.417. The van der Waals surface area contributed by atoms with Crippen LogP contribution >= 0.6 is 12.2 Å². The second-order valence-electron chi connectivity index (χ2n) is 7.86. The molecule has 30 heavy (non-hydrogen) atoms. The molecular weight excluding hydrogens is 394 g/mol. The first-order chi connectivity index (χ1) is 14.5. The summed E-state index contributed by atoms with van der Waals surface area (Å²) in [6.07, 6.45) is 0.808. The monoisotopic (exact) mass is 423 g/mol. The number of para-hydroxylation sites is 1. The van der Waals surface area contributed by atoms with Crippen LogP contribution in [0.1, 0.15) is 38.4 Å². The van der Waals surface area contributed by atoms with E-state index >= 15 is 0 Å². The number of hydrogen-bond acceptors (Lipinski definition) is 5. The van der Waals surface area contributed by atoms with Gasteiger partial charge in [-0.15, -0.1) is 0 Å². The van der Waals surface area contributed by atoms with Crippen molar-refractivity contribution in [1.29, 1.82) is 0 Å². The Bertz CT molecular complexity index is 881. The standard InChI is InChI=1S/C24H29N3O2S/c1-3-24(29)27(21-7-5-4-6-8-21)22-13-14-26(15-18(22)2)16-23(28)19-9-11-20(12-10-19)25-17-30/h4-12,18,22-23,28H,3,13-16H2,1-2H3/t18-,22+,23-/m1/s1. The molecule has 1 amide bonds. The highest BCUT2D eigenvalue weighted by Crippen LogP contribution is 2.29. The number of hydrogen-bond donors (Lipinski definition) is 1. The van der Waals surface area contributed by atoms with Crippen LogP contribution in [-0.2, 0) is 4.79 Å². The predicted octanol–water partition coefficient (Wildman–Crippen LogP) is 4.61. The maximum atomic E-state index is 12.7. The van der Waals surface area contributed by atoms with Gasteiger partial charge in [-0.2, -0.15) is 4.99 Å². The van der Waals surface area contributed by atoms with Crippen molar-refractivity contribution >= 4 is 34.7 Å². The largest absolute Gasteiger partial charge is 0.387 e. The van der Waals surface area contributed by atoms with Crippen LogP contribution in [0.4, 0.5) is 11.4 Å². The third kappa shape index (κ3) is 5.41. The van der Waals surface area contributed by atoms with Crippen molar-refractivity contribution in [2.75, 3.05) is 24.5 Å². The van der Waals surface area contributed by atoms with E-state index in [1.807, 2.05) is 66.4 Å². The Morgan fingerprint density at radius 3 is 2.57 bits per heavy atom. The van der Waals surface area contributed by atoms with Gasteiger partial charge in [0.25, 0.3) is 0 Å². The average Bonchev–Trinajstić information content (AvgIpc) is 2.76. The van der Waals surface area contributed by atoms with Crippen molar-refractivity contribution in [3.05, 3.63) is 60.2 Å².